The van der Waals surface area contributed by atoms with Gasteiger partial charge in [0.15, 0.2) is 5.82 Å². The Morgan fingerprint density at radius 2 is 2.09 bits per heavy atom. The zero-order chi connectivity index (χ0) is 22.9. The number of rotatable bonds is 4. The number of anilines is 1. The molecule has 2 aromatic heterocycles. The van der Waals surface area contributed by atoms with E-state index in [0.29, 0.717) is 47.1 Å². The molecular formula is C24H30N6O3. The minimum atomic E-state index is -0.266. The minimum Gasteiger partial charge on any atom is -0.506 e. The van der Waals surface area contributed by atoms with Crippen molar-refractivity contribution in [1.29, 1.82) is 0 Å². The van der Waals surface area contributed by atoms with Crippen LogP contribution in [0.5, 0.6) is 5.75 Å². The standard InChI is InChI=1S/C24H30N6O3/c1-13(30-4-6-33-7-5-30)23(32)29(3)15-8-16-20(18(31)9-15)26-22(25-16)21-19-14-10-24(2,11-14)12-17(19)27-28-21/h8-9,13-14,31H,4-7,10-12H2,1-3H3,(H,25,26)(H,27,28)/t13-,14?,24?/m0/s1. The largest absolute Gasteiger partial charge is 0.506 e. The topological polar surface area (TPSA) is 110 Å². The smallest absolute Gasteiger partial charge is 0.243 e. The number of carbonyl (C=O) groups excluding carboxylic acids is 1. The number of phenols is 1. The molecule has 33 heavy (non-hydrogen) atoms. The predicted molar refractivity (Wildman–Crippen MR) is 124 cm³/mol. The Hall–Kier alpha value is -2.91. The molecule has 174 valence electrons. The van der Waals surface area contributed by atoms with E-state index in [-0.39, 0.29) is 17.7 Å². The number of hydrogen-bond acceptors (Lipinski definition) is 6. The van der Waals surface area contributed by atoms with Crippen molar-refractivity contribution in [3.8, 4) is 17.3 Å². The lowest BCUT2D eigenvalue weighted by Gasteiger charge is -2.50. The molecule has 2 fully saturated rings. The van der Waals surface area contributed by atoms with Gasteiger partial charge >= 0.3 is 0 Å². The Bertz CT molecular complexity index is 1230. The van der Waals surface area contributed by atoms with Crippen molar-refractivity contribution in [3.63, 3.8) is 0 Å². The maximum absolute atomic E-state index is 13.1. The summed E-state index contributed by atoms with van der Waals surface area (Å²) in [6, 6.07) is 3.21. The molecule has 1 saturated carbocycles. The van der Waals surface area contributed by atoms with Gasteiger partial charge in [-0.25, -0.2) is 4.98 Å². The lowest BCUT2D eigenvalue weighted by atomic mass is 9.54. The molecule has 1 amide bonds. The van der Waals surface area contributed by atoms with Gasteiger partial charge in [-0.3, -0.25) is 14.8 Å². The highest BCUT2D eigenvalue weighted by Crippen LogP contribution is 2.59. The van der Waals surface area contributed by atoms with E-state index in [0.717, 1.165) is 25.2 Å². The fourth-order valence-corrected chi connectivity index (χ4v) is 5.97. The Morgan fingerprint density at radius 3 is 2.85 bits per heavy atom. The summed E-state index contributed by atoms with van der Waals surface area (Å²) in [6.45, 7) is 7.02. The summed E-state index contributed by atoms with van der Waals surface area (Å²) in [5.41, 5.74) is 5.52. The number of fused-ring (bicyclic) bond motifs is 1. The van der Waals surface area contributed by atoms with Gasteiger partial charge in [-0.15, -0.1) is 0 Å². The van der Waals surface area contributed by atoms with Crippen LogP contribution < -0.4 is 4.90 Å². The number of amides is 1. The molecule has 1 aliphatic heterocycles. The van der Waals surface area contributed by atoms with Gasteiger partial charge < -0.3 is 19.7 Å². The fourth-order valence-electron chi connectivity index (χ4n) is 5.97. The lowest BCUT2D eigenvalue weighted by molar-refractivity contribution is -0.124. The first-order chi connectivity index (χ1) is 15.8. The van der Waals surface area contributed by atoms with Gasteiger partial charge in [0.25, 0.3) is 0 Å². The van der Waals surface area contributed by atoms with Crippen LogP contribution in [0.25, 0.3) is 22.6 Å². The Balaban J connectivity index is 1.30. The molecule has 2 bridgehead atoms. The Morgan fingerprint density at radius 1 is 1.33 bits per heavy atom. The van der Waals surface area contributed by atoms with Crippen molar-refractivity contribution in [3.05, 3.63) is 23.4 Å². The fraction of sp³-hybridized carbons (Fsp3) is 0.542. The molecule has 0 spiro atoms. The second kappa shape index (κ2) is 7.30. The third kappa shape index (κ3) is 3.25. The van der Waals surface area contributed by atoms with Gasteiger partial charge in [-0.05, 0) is 43.6 Å². The average molecular weight is 451 g/mol. The van der Waals surface area contributed by atoms with E-state index in [4.69, 9.17) is 4.74 Å². The normalized spacial score (nSPS) is 25.5. The molecule has 9 nitrogen and oxygen atoms in total. The van der Waals surface area contributed by atoms with Crippen molar-refractivity contribution in [2.24, 2.45) is 5.41 Å². The molecule has 1 saturated heterocycles. The van der Waals surface area contributed by atoms with E-state index >= 15 is 0 Å². The third-order valence-electron chi connectivity index (χ3n) is 7.82. The second-order valence-electron chi connectivity index (χ2n) is 10.2. The zero-order valence-electron chi connectivity index (χ0n) is 19.3. The van der Waals surface area contributed by atoms with Crippen LogP contribution in [0.4, 0.5) is 5.69 Å². The van der Waals surface area contributed by atoms with Crippen molar-refractivity contribution in [2.45, 2.75) is 45.1 Å². The number of nitrogens with one attached hydrogen (secondary N) is 2. The van der Waals surface area contributed by atoms with E-state index in [1.165, 1.54) is 24.1 Å². The summed E-state index contributed by atoms with van der Waals surface area (Å²) in [4.78, 5) is 24.9. The van der Waals surface area contributed by atoms with Crippen molar-refractivity contribution in [1.82, 2.24) is 25.1 Å². The summed E-state index contributed by atoms with van der Waals surface area (Å²) in [5.74, 6) is 1.20. The first-order valence-electron chi connectivity index (χ1n) is 11.7. The van der Waals surface area contributed by atoms with E-state index in [1.807, 2.05) is 13.0 Å². The first kappa shape index (κ1) is 20.7. The molecule has 0 unspecified atom stereocenters. The quantitative estimate of drug-likeness (QED) is 0.564. The van der Waals surface area contributed by atoms with Crippen molar-refractivity contribution >= 4 is 22.6 Å². The summed E-state index contributed by atoms with van der Waals surface area (Å²) in [6.07, 6.45) is 3.41. The first-order valence-corrected chi connectivity index (χ1v) is 11.7. The molecule has 7 rings (SSSR count). The molecule has 3 N–H and O–H groups in total. The average Bonchev–Trinajstić information content (AvgIpc) is 3.41. The van der Waals surface area contributed by atoms with Crippen LogP contribution >= 0.6 is 0 Å². The molecule has 3 aromatic rings. The Kier molecular flexibility index (Phi) is 4.57. The number of carbonyl (C=O) groups is 1. The molecule has 1 atom stereocenters. The lowest BCUT2D eigenvalue weighted by Crippen LogP contribution is -2.50. The van der Waals surface area contributed by atoms with Crippen LogP contribution in [0.15, 0.2) is 12.1 Å². The van der Waals surface area contributed by atoms with E-state index in [9.17, 15) is 9.90 Å². The molecular weight excluding hydrogens is 420 g/mol. The van der Waals surface area contributed by atoms with E-state index < -0.39 is 0 Å². The number of benzene rings is 1. The van der Waals surface area contributed by atoms with Gasteiger partial charge in [-0.1, -0.05) is 6.92 Å². The van der Waals surface area contributed by atoms with Crippen LogP contribution in [0.1, 0.15) is 43.9 Å². The maximum atomic E-state index is 13.1. The van der Waals surface area contributed by atoms with Gasteiger partial charge in [0, 0.05) is 43.1 Å². The summed E-state index contributed by atoms with van der Waals surface area (Å²) < 4.78 is 5.40. The zero-order valence-corrected chi connectivity index (χ0v) is 19.3. The number of phenolic OH excluding ortho intramolecular Hbond substituents is 1. The molecule has 3 heterocycles. The number of nitrogens with zero attached hydrogens (tertiary/aromatic N) is 4. The number of ether oxygens (including phenoxy) is 1. The SMILES string of the molecule is C[C@@H](C(=O)N(C)c1cc(O)c2nc(-c3n[nH]c4c3C3CC(C)(C4)C3)[nH]c2c1)N1CCOCC1. The van der Waals surface area contributed by atoms with Crippen LogP contribution in [0.2, 0.25) is 0 Å². The highest BCUT2D eigenvalue weighted by molar-refractivity contribution is 5.99. The number of aromatic amines is 2. The van der Waals surface area contributed by atoms with E-state index in [1.54, 1.807) is 18.0 Å². The molecule has 1 aromatic carbocycles. The predicted octanol–water partition coefficient (Wildman–Crippen LogP) is 2.78. The summed E-state index contributed by atoms with van der Waals surface area (Å²) in [7, 11) is 1.74. The number of hydrogen-bond donors (Lipinski definition) is 3. The molecule has 3 aliphatic carbocycles. The molecule has 4 aliphatic rings. The van der Waals surface area contributed by atoms with Crippen molar-refractivity contribution < 1.29 is 14.6 Å². The number of likely N-dealkylation sites (N-methyl/N-ethyl adjacent to an activating group) is 1. The molecule has 0 radical (unpaired) electrons. The van der Waals surface area contributed by atoms with Gasteiger partial charge in [0.1, 0.15) is 17.0 Å². The Labute approximate surface area is 192 Å². The van der Waals surface area contributed by atoms with E-state index in [2.05, 4.69) is 32.0 Å². The van der Waals surface area contributed by atoms with Crippen LogP contribution in [-0.2, 0) is 16.0 Å². The van der Waals surface area contributed by atoms with Gasteiger partial charge in [0.2, 0.25) is 5.91 Å². The monoisotopic (exact) mass is 450 g/mol. The summed E-state index contributed by atoms with van der Waals surface area (Å²) in [5, 5.41) is 18.5. The van der Waals surface area contributed by atoms with Crippen molar-refractivity contribution in [2.75, 3.05) is 38.3 Å². The highest BCUT2D eigenvalue weighted by atomic mass is 16.5. The summed E-state index contributed by atoms with van der Waals surface area (Å²) >= 11 is 0. The number of morpholine rings is 1. The second-order valence-corrected chi connectivity index (χ2v) is 10.2. The van der Waals surface area contributed by atoms with Gasteiger partial charge in [0.05, 0.1) is 24.8 Å². The number of H-pyrrole nitrogens is 2. The third-order valence-corrected chi connectivity index (χ3v) is 7.82. The van der Waals surface area contributed by atoms with Gasteiger partial charge in [-0.2, -0.15) is 5.10 Å². The number of imidazole rings is 1. The number of aromatic nitrogens is 4. The highest BCUT2D eigenvalue weighted by Gasteiger charge is 2.48. The minimum absolute atomic E-state index is 0.0233. The van der Waals surface area contributed by atoms with Crippen LogP contribution in [-0.4, -0.2) is 75.5 Å². The molecule has 9 heteroatoms. The maximum Gasteiger partial charge on any atom is 0.243 e. The number of aromatic hydroxyl groups is 1. The van der Waals surface area contributed by atoms with Crippen LogP contribution in [0, 0.1) is 5.41 Å². The van der Waals surface area contributed by atoms with Crippen LogP contribution in [0.3, 0.4) is 0 Å².